The third kappa shape index (κ3) is 4.10. The first-order chi connectivity index (χ1) is 14.3. The number of para-hydroxylation sites is 1. The molecular formula is C21H22N2O7. The molecule has 158 valence electrons. The Kier molecular flexibility index (Phi) is 6.29. The first-order valence-corrected chi connectivity index (χ1v) is 9.51. The van der Waals surface area contributed by atoms with Crippen molar-refractivity contribution in [2.24, 2.45) is 11.8 Å². The van der Waals surface area contributed by atoms with Gasteiger partial charge < -0.3 is 14.8 Å². The number of nitrogens with zero attached hydrogens (tertiary/aromatic N) is 1. The van der Waals surface area contributed by atoms with Gasteiger partial charge in [-0.15, -0.1) is 0 Å². The fourth-order valence-corrected chi connectivity index (χ4v) is 3.64. The normalized spacial score (nSPS) is 21.1. The molecular weight excluding hydrogens is 392 g/mol. The molecule has 1 aromatic carbocycles. The van der Waals surface area contributed by atoms with Gasteiger partial charge in [0.1, 0.15) is 6.04 Å². The lowest BCUT2D eigenvalue weighted by molar-refractivity contribution is -0.159. The molecule has 1 aromatic rings. The topological polar surface area (TPSA) is 119 Å². The lowest BCUT2D eigenvalue weighted by Gasteiger charge is -2.21. The van der Waals surface area contributed by atoms with Gasteiger partial charge in [-0.3, -0.25) is 19.3 Å². The van der Waals surface area contributed by atoms with E-state index in [4.69, 9.17) is 4.74 Å². The molecule has 1 saturated heterocycles. The van der Waals surface area contributed by atoms with Crippen LogP contribution in [0.4, 0.5) is 5.69 Å². The highest BCUT2D eigenvalue weighted by Gasteiger charge is 2.50. The smallest absolute Gasteiger partial charge is 0.339 e. The molecule has 0 aromatic heterocycles. The Morgan fingerprint density at radius 2 is 1.70 bits per heavy atom. The fourth-order valence-electron chi connectivity index (χ4n) is 3.64. The quantitative estimate of drug-likeness (QED) is 0.423. The highest BCUT2D eigenvalue weighted by atomic mass is 16.5. The van der Waals surface area contributed by atoms with Gasteiger partial charge in [0.05, 0.1) is 30.2 Å². The number of amides is 3. The van der Waals surface area contributed by atoms with Crippen molar-refractivity contribution in [3.63, 3.8) is 0 Å². The molecule has 1 N–H and O–H groups in total. The number of nitrogens with one attached hydrogen (secondary N) is 1. The van der Waals surface area contributed by atoms with Crippen LogP contribution in [0, 0.1) is 11.8 Å². The van der Waals surface area contributed by atoms with Crippen LogP contribution in [0.25, 0.3) is 0 Å². The van der Waals surface area contributed by atoms with E-state index in [0.29, 0.717) is 12.8 Å². The summed E-state index contributed by atoms with van der Waals surface area (Å²) in [6.45, 7) is 0.761. The molecule has 1 aliphatic heterocycles. The van der Waals surface area contributed by atoms with Crippen LogP contribution < -0.4 is 5.32 Å². The van der Waals surface area contributed by atoms with Gasteiger partial charge in [0.2, 0.25) is 11.8 Å². The van der Waals surface area contributed by atoms with Crippen LogP contribution in [0.15, 0.2) is 36.4 Å². The second-order valence-electron chi connectivity index (χ2n) is 7.07. The molecule has 3 atom stereocenters. The van der Waals surface area contributed by atoms with Crippen molar-refractivity contribution in [2.45, 2.75) is 25.8 Å². The van der Waals surface area contributed by atoms with Gasteiger partial charge in [0, 0.05) is 0 Å². The number of likely N-dealkylation sites (tertiary alicyclic amines) is 1. The minimum absolute atomic E-state index is 0.150. The minimum atomic E-state index is -1.13. The Hall–Kier alpha value is -3.49. The maximum absolute atomic E-state index is 12.5. The van der Waals surface area contributed by atoms with E-state index in [1.54, 1.807) is 12.1 Å². The average Bonchev–Trinajstić information content (AvgIpc) is 3.01. The number of esters is 2. The van der Waals surface area contributed by atoms with Crippen molar-refractivity contribution in [2.75, 3.05) is 19.0 Å². The number of anilines is 1. The summed E-state index contributed by atoms with van der Waals surface area (Å²) in [5.41, 5.74) is 0.359. The Bertz CT molecular complexity index is 898. The van der Waals surface area contributed by atoms with Crippen molar-refractivity contribution in [3.8, 4) is 0 Å². The molecule has 30 heavy (non-hydrogen) atoms. The molecule has 0 saturated carbocycles. The number of rotatable bonds is 6. The van der Waals surface area contributed by atoms with E-state index in [0.717, 1.165) is 4.90 Å². The number of imide groups is 1. The third-order valence-corrected chi connectivity index (χ3v) is 5.22. The van der Waals surface area contributed by atoms with Crippen molar-refractivity contribution in [1.82, 2.24) is 4.90 Å². The van der Waals surface area contributed by atoms with Crippen molar-refractivity contribution < 1.29 is 33.4 Å². The van der Waals surface area contributed by atoms with E-state index in [2.05, 4.69) is 10.1 Å². The predicted octanol–water partition coefficient (Wildman–Crippen LogP) is 1.29. The molecule has 0 bridgehead atoms. The van der Waals surface area contributed by atoms with Gasteiger partial charge >= 0.3 is 11.9 Å². The maximum atomic E-state index is 12.5. The van der Waals surface area contributed by atoms with Crippen LogP contribution in [-0.2, 0) is 28.7 Å². The number of methoxy groups -OCH3 is 1. The second-order valence-corrected chi connectivity index (χ2v) is 7.07. The summed E-state index contributed by atoms with van der Waals surface area (Å²) < 4.78 is 9.65. The van der Waals surface area contributed by atoms with Crippen molar-refractivity contribution in [3.05, 3.63) is 42.0 Å². The molecule has 3 rings (SSSR count). The lowest BCUT2D eigenvalue weighted by Crippen LogP contribution is -2.45. The van der Waals surface area contributed by atoms with E-state index in [9.17, 15) is 24.0 Å². The number of ether oxygens (including phenoxy) is 2. The molecule has 9 heteroatoms. The van der Waals surface area contributed by atoms with Crippen LogP contribution in [0.1, 0.15) is 30.1 Å². The highest BCUT2D eigenvalue weighted by molar-refractivity contribution is 6.08. The van der Waals surface area contributed by atoms with Crippen LogP contribution in [-0.4, -0.2) is 54.3 Å². The molecule has 0 unspecified atom stereocenters. The van der Waals surface area contributed by atoms with Gasteiger partial charge in [-0.05, 0) is 31.9 Å². The number of carbonyl (C=O) groups excluding carboxylic acids is 5. The summed E-state index contributed by atoms with van der Waals surface area (Å²) in [6.07, 6.45) is 4.65. The summed E-state index contributed by atoms with van der Waals surface area (Å²) in [6, 6.07) is 5.08. The Balaban J connectivity index is 1.58. The van der Waals surface area contributed by atoms with E-state index < -0.39 is 54.1 Å². The van der Waals surface area contributed by atoms with Crippen LogP contribution in [0.2, 0.25) is 0 Å². The average molecular weight is 414 g/mol. The number of carbonyl (C=O) groups is 5. The first kappa shape index (κ1) is 21.2. The molecule has 3 amide bonds. The van der Waals surface area contributed by atoms with E-state index in [1.807, 2.05) is 12.2 Å². The zero-order valence-corrected chi connectivity index (χ0v) is 16.6. The third-order valence-electron chi connectivity index (χ3n) is 5.22. The first-order valence-electron chi connectivity index (χ1n) is 9.51. The number of benzene rings is 1. The molecule has 9 nitrogen and oxygen atoms in total. The number of hydrogen-bond acceptors (Lipinski definition) is 7. The van der Waals surface area contributed by atoms with Crippen molar-refractivity contribution in [1.29, 1.82) is 0 Å². The van der Waals surface area contributed by atoms with Gasteiger partial charge in [-0.2, -0.15) is 0 Å². The van der Waals surface area contributed by atoms with E-state index in [1.165, 1.54) is 26.2 Å². The predicted molar refractivity (Wildman–Crippen MR) is 104 cm³/mol. The standard InChI is InChI=1S/C21H22N2O7/c1-12(23-18(25)13-7-3-4-8-14(13)19(23)26)20(27)30-11-17(24)22-16-10-6-5-9-15(16)21(28)29-2/h3-6,9-10,12-14H,7-8,11H2,1-2H3,(H,22,24)/t12-,13-,14-/m0/s1. The highest BCUT2D eigenvalue weighted by Crippen LogP contribution is 2.36. The van der Waals surface area contributed by atoms with Gasteiger partial charge in [0.15, 0.2) is 6.61 Å². The summed E-state index contributed by atoms with van der Waals surface area (Å²) in [7, 11) is 1.22. The van der Waals surface area contributed by atoms with Crippen molar-refractivity contribution >= 4 is 35.3 Å². The largest absolute Gasteiger partial charge is 0.465 e. The van der Waals surface area contributed by atoms with Gasteiger partial charge in [0.25, 0.3) is 5.91 Å². The summed E-state index contributed by atoms with van der Waals surface area (Å²) in [5, 5.41) is 2.48. The van der Waals surface area contributed by atoms with Gasteiger partial charge in [-0.25, -0.2) is 9.59 Å². The Labute approximate surface area is 173 Å². The summed E-state index contributed by atoms with van der Waals surface area (Å²) in [4.78, 5) is 62.3. The Morgan fingerprint density at radius 1 is 1.10 bits per heavy atom. The molecule has 1 aliphatic carbocycles. The van der Waals surface area contributed by atoms with Crippen LogP contribution >= 0.6 is 0 Å². The minimum Gasteiger partial charge on any atom is -0.465 e. The zero-order chi connectivity index (χ0) is 21.8. The molecule has 1 fully saturated rings. The molecule has 0 spiro atoms. The zero-order valence-electron chi connectivity index (χ0n) is 16.6. The number of allylic oxidation sites excluding steroid dienone is 2. The van der Waals surface area contributed by atoms with Gasteiger partial charge in [-0.1, -0.05) is 24.3 Å². The second kappa shape index (κ2) is 8.89. The van der Waals surface area contributed by atoms with Crippen LogP contribution in [0.5, 0.6) is 0 Å². The number of hydrogen-bond donors (Lipinski definition) is 1. The molecule has 0 radical (unpaired) electrons. The molecule has 2 aliphatic rings. The lowest BCUT2D eigenvalue weighted by atomic mass is 9.85. The van der Waals surface area contributed by atoms with Crippen LogP contribution in [0.3, 0.4) is 0 Å². The fraction of sp³-hybridized carbons (Fsp3) is 0.381. The maximum Gasteiger partial charge on any atom is 0.339 e. The Morgan fingerprint density at radius 3 is 2.30 bits per heavy atom. The van der Waals surface area contributed by atoms with E-state index in [-0.39, 0.29) is 11.3 Å². The number of fused-ring (bicyclic) bond motifs is 1. The van der Waals surface area contributed by atoms with E-state index >= 15 is 0 Å². The monoisotopic (exact) mass is 414 g/mol. The molecule has 1 heterocycles. The summed E-state index contributed by atoms with van der Waals surface area (Å²) >= 11 is 0. The summed E-state index contributed by atoms with van der Waals surface area (Å²) in [5.74, 6) is -3.85. The SMILES string of the molecule is COC(=O)c1ccccc1NC(=O)COC(=O)[C@H](C)N1C(=O)[C@H]2CC=CC[C@@H]2C1=O.